The standard InChI is InChI=1S/C42H74O6/c1-4-5-25-31-39-40(48-39)32-27-22-18-14-11-12-15-19-23-28-33-41(44)46-36-38(35-43)47-42(45)34-29-24-20-16-10-8-6-7-9-13-17-21-26-30-37(2)3/h11,14-15,19,22,27,37-40,43H,4-10,12-13,16-18,20-21,23-26,28-36H2,1-3H3/b14-11-,19-15-,27-22-/t38-,39?,40?/m0/s1. The molecule has 1 N–H and O–H groups in total. The monoisotopic (exact) mass is 675 g/mol. The molecule has 0 radical (unpaired) electrons. The zero-order valence-corrected chi connectivity index (χ0v) is 31.4. The molecular weight excluding hydrogens is 600 g/mol. The number of rotatable bonds is 34. The average molecular weight is 675 g/mol. The highest BCUT2D eigenvalue weighted by Crippen LogP contribution is 2.30. The number of hydrogen-bond acceptors (Lipinski definition) is 6. The van der Waals surface area contributed by atoms with Crippen LogP contribution in [0.25, 0.3) is 0 Å². The van der Waals surface area contributed by atoms with E-state index in [2.05, 4.69) is 57.2 Å². The SMILES string of the molecule is CCCCCC1OC1C/C=C\C/C=C\C/C=C\CCCC(=O)OC[C@H](CO)OC(=O)CCCCCCCCCCCCCCCC(C)C. The van der Waals surface area contributed by atoms with E-state index in [0.717, 1.165) is 50.9 Å². The molecule has 1 heterocycles. The third-order valence-electron chi connectivity index (χ3n) is 9.04. The number of epoxide rings is 1. The summed E-state index contributed by atoms with van der Waals surface area (Å²) in [6.07, 6.45) is 41.0. The van der Waals surface area contributed by atoms with Crippen LogP contribution in [0.3, 0.4) is 0 Å². The van der Waals surface area contributed by atoms with Gasteiger partial charge in [-0.05, 0) is 50.9 Å². The van der Waals surface area contributed by atoms with Crippen molar-refractivity contribution in [2.45, 2.75) is 200 Å². The first kappa shape index (κ1) is 44.1. The van der Waals surface area contributed by atoms with Gasteiger partial charge in [0.2, 0.25) is 0 Å². The molecule has 3 atom stereocenters. The van der Waals surface area contributed by atoms with E-state index in [1.807, 2.05) is 0 Å². The molecule has 0 aromatic carbocycles. The van der Waals surface area contributed by atoms with Gasteiger partial charge in [-0.1, -0.05) is 160 Å². The van der Waals surface area contributed by atoms with E-state index in [-0.39, 0.29) is 25.2 Å². The Labute approximate surface area is 295 Å². The Kier molecular flexibility index (Phi) is 29.7. The maximum Gasteiger partial charge on any atom is 0.306 e. The van der Waals surface area contributed by atoms with Crippen molar-refractivity contribution in [1.29, 1.82) is 0 Å². The topological polar surface area (TPSA) is 85.4 Å². The molecule has 278 valence electrons. The predicted molar refractivity (Wildman–Crippen MR) is 200 cm³/mol. The fourth-order valence-corrected chi connectivity index (χ4v) is 5.88. The molecule has 0 saturated carbocycles. The lowest BCUT2D eigenvalue weighted by Crippen LogP contribution is -2.28. The Morgan fingerprint density at radius 1 is 0.667 bits per heavy atom. The van der Waals surface area contributed by atoms with Crippen LogP contribution < -0.4 is 0 Å². The van der Waals surface area contributed by atoms with E-state index in [0.29, 0.717) is 31.5 Å². The van der Waals surface area contributed by atoms with E-state index >= 15 is 0 Å². The molecule has 1 rings (SSSR count). The lowest BCUT2D eigenvalue weighted by molar-refractivity contribution is -0.161. The fourth-order valence-electron chi connectivity index (χ4n) is 5.88. The maximum absolute atomic E-state index is 12.2. The molecule has 6 heteroatoms. The van der Waals surface area contributed by atoms with Crippen LogP contribution in [0.1, 0.15) is 181 Å². The summed E-state index contributed by atoms with van der Waals surface area (Å²) >= 11 is 0. The Bertz CT molecular complexity index is 847. The molecule has 0 bridgehead atoms. The summed E-state index contributed by atoms with van der Waals surface area (Å²) in [4.78, 5) is 24.2. The number of aliphatic hydroxyl groups is 1. The second kappa shape index (κ2) is 32.3. The summed E-state index contributed by atoms with van der Waals surface area (Å²) < 4.78 is 16.3. The van der Waals surface area contributed by atoms with Gasteiger partial charge in [-0.3, -0.25) is 9.59 Å². The summed E-state index contributed by atoms with van der Waals surface area (Å²) in [7, 11) is 0. The lowest BCUT2D eigenvalue weighted by atomic mass is 10.0. The minimum Gasteiger partial charge on any atom is -0.462 e. The highest BCUT2D eigenvalue weighted by atomic mass is 16.6. The molecule has 2 unspecified atom stereocenters. The van der Waals surface area contributed by atoms with Gasteiger partial charge in [0, 0.05) is 12.8 Å². The Morgan fingerprint density at radius 2 is 1.23 bits per heavy atom. The van der Waals surface area contributed by atoms with E-state index in [4.69, 9.17) is 14.2 Å². The normalized spacial score (nSPS) is 16.9. The van der Waals surface area contributed by atoms with Crippen LogP contribution in [0.5, 0.6) is 0 Å². The van der Waals surface area contributed by atoms with Crippen LogP contribution in [0.2, 0.25) is 0 Å². The molecule has 0 amide bonds. The third kappa shape index (κ3) is 29.0. The van der Waals surface area contributed by atoms with Gasteiger partial charge in [0.1, 0.15) is 6.61 Å². The van der Waals surface area contributed by atoms with Crippen LogP contribution in [-0.2, 0) is 23.8 Å². The summed E-state index contributed by atoms with van der Waals surface area (Å²) in [5, 5.41) is 9.55. The predicted octanol–water partition coefficient (Wildman–Crippen LogP) is 11.3. The molecule has 1 saturated heterocycles. The van der Waals surface area contributed by atoms with Crippen LogP contribution in [0, 0.1) is 5.92 Å². The first-order chi connectivity index (χ1) is 23.5. The minimum absolute atomic E-state index is 0.0957. The number of carbonyl (C=O) groups excluding carboxylic acids is 2. The van der Waals surface area contributed by atoms with Gasteiger partial charge < -0.3 is 19.3 Å². The van der Waals surface area contributed by atoms with Crippen LogP contribution in [0.15, 0.2) is 36.5 Å². The second-order valence-electron chi connectivity index (χ2n) is 14.2. The number of hydrogen-bond donors (Lipinski definition) is 1. The second-order valence-corrected chi connectivity index (χ2v) is 14.2. The van der Waals surface area contributed by atoms with Crippen LogP contribution in [0.4, 0.5) is 0 Å². The minimum atomic E-state index is -0.794. The van der Waals surface area contributed by atoms with Gasteiger partial charge in [0.15, 0.2) is 6.10 Å². The highest BCUT2D eigenvalue weighted by molar-refractivity contribution is 5.70. The Hall–Kier alpha value is -1.92. The summed E-state index contributed by atoms with van der Waals surface area (Å²) in [6.45, 7) is 6.40. The van der Waals surface area contributed by atoms with Crippen molar-refractivity contribution in [3.8, 4) is 0 Å². The molecule has 1 fully saturated rings. The molecule has 0 aromatic heterocycles. The highest BCUT2D eigenvalue weighted by Gasteiger charge is 2.36. The van der Waals surface area contributed by atoms with Gasteiger partial charge >= 0.3 is 11.9 Å². The van der Waals surface area contributed by atoms with Crippen molar-refractivity contribution in [3.05, 3.63) is 36.5 Å². The van der Waals surface area contributed by atoms with Gasteiger partial charge in [-0.25, -0.2) is 0 Å². The summed E-state index contributed by atoms with van der Waals surface area (Å²) in [5.41, 5.74) is 0. The Balaban J connectivity index is 1.91. The fraction of sp³-hybridized carbons (Fsp3) is 0.810. The molecular formula is C42H74O6. The van der Waals surface area contributed by atoms with Gasteiger partial charge in [-0.15, -0.1) is 0 Å². The van der Waals surface area contributed by atoms with Crippen molar-refractivity contribution in [1.82, 2.24) is 0 Å². The summed E-state index contributed by atoms with van der Waals surface area (Å²) in [5.74, 6) is 0.183. The molecule has 0 spiro atoms. The number of allylic oxidation sites excluding steroid dienone is 5. The van der Waals surface area contributed by atoms with Crippen molar-refractivity contribution < 1.29 is 28.9 Å². The molecule has 0 aliphatic carbocycles. The number of unbranched alkanes of at least 4 members (excludes halogenated alkanes) is 15. The number of ether oxygens (including phenoxy) is 3. The van der Waals surface area contributed by atoms with E-state index < -0.39 is 6.10 Å². The molecule has 1 aliphatic heterocycles. The molecule has 1 aliphatic rings. The maximum atomic E-state index is 12.2. The van der Waals surface area contributed by atoms with Gasteiger partial charge in [-0.2, -0.15) is 0 Å². The van der Waals surface area contributed by atoms with Crippen LogP contribution in [-0.4, -0.2) is 48.6 Å². The lowest BCUT2D eigenvalue weighted by Gasteiger charge is -2.15. The first-order valence-electron chi connectivity index (χ1n) is 20.0. The first-order valence-corrected chi connectivity index (χ1v) is 20.0. The number of aliphatic hydroxyl groups excluding tert-OH is 1. The van der Waals surface area contributed by atoms with Crippen LogP contribution >= 0.6 is 0 Å². The van der Waals surface area contributed by atoms with Gasteiger partial charge in [0.05, 0.1) is 18.8 Å². The van der Waals surface area contributed by atoms with Crippen molar-refractivity contribution >= 4 is 11.9 Å². The van der Waals surface area contributed by atoms with Crippen molar-refractivity contribution in [2.24, 2.45) is 5.92 Å². The smallest absolute Gasteiger partial charge is 0.306 e. The largest absolute Gasteiger partial charge is 0.462 e. The molecule has 6 nitrogen and oxygen atoms in total. The zero-order chi connectivity index (χ0) is 34.9. The van der Waals surface area contributed by atoms with E-state index in [1.165, 1.54) is 96.3 Å². The Morgan fingerprint density at radius 3 is 1.83 bits per heavy atom. The molecule has 0 aromatic rings. The van der Waals surface area contributed by atoms with Gasteiger partial charge in [0.25, 0.3) is 0 Å². The zero-order valence-electron chi connectivity index (χ0n) is 31.4. The van der Waals surface area contributed by atoms with Crippen molar-refractivity contribution in [3.63, 3.8) is 0 Å². The summed E-state index contributed by atoms with van der Waals surface area (Å²) in [6, 6.07) is 0. The number of esters is 2. The quantitative estimate of drug-likeness (QED) is 0.0316. The third-order valence-corrected chi connectivity index (χ3v) is 9.04. The van der Waals surface area contributed by atoms with Crippen molar-refractivity contribution in [2.75, 3.05) is 13.2 Å². The average Bonchev–Trinajstić information content (AvgIpc) is 3.82. The van der Waals surface area contributed by atoms with E-state index in [9.17, 15) is 14.7 Å². The molecule has 48 heavy (non-hydrogen) atoms. The van der Waals surface area contributed by atoms with E-state index in [1.54, 1.807) is 0 Å². The number of carbonyl (C=O) groups is 2.